The molecule has 2 rings (SSSR count). The van der Waals surface area contributed by atoms with Crippen molar-refractivity contribution in [2.75, 3.05) is 24.3 Å². The van der Waals surface area contributed by atoms with E-state index in [0.29, 0.717) is 12.2 Å². The highest BCUT2D eigenvalue weighted by Gasteiger charge is 2.32. The first-order valence-corrected chi connectivity index (χ1v) is 9.34. The highest BCUT2D eigenvalue weighted by molar-refractivity contribution is 8.00. The van der Waals surface area contributed by atoms with Crippen LogP contribution in [0.25, 0.3) is 0 Å². The Hall–Kier alpha value is -1.01. The van der Waals surface area contributed by atoms with Gasteiger partial charge in [-0.25, -0.2) is 8.42 Å². The van der Waals surface area contributed by atoms with Gasteiger partial charge in [-0.3, -0.25) is 4.79 Å². The van der Waals surface area contributed by atoms with Gasteiger partial charge in [0, 0.05) is 18.0 Å². The molecule has 4 nitrogen and oxygen atoms in total. The monoisotopic (exact) mass is 313 g/mol. The largest absolute Gasteiger partial charge is 0.341 e. The third kappa shape index (κ3) is 3.99. The zero-order chi connectivity index (χ0) is 14.8. The van der Waals surface area contributed by atoms with Crippen molar-refractivity contribution in [3.63, 3.8) is 0 Å². The van der Waals surface area contributed by atoms with Gasteiger partial charge in [-0.05, 0) is 25.5 Å². The van der Waals surface area contributed by atoms with Gasteiger partial charge in [0.15, 0.2) is 9.84 Å². The van der Waals surface area contributed by atoms with E-state index in [1.807, 2.05) is 31.2 Å². The van der Waals surface area contributed by atoms with E-state index in [1.165, 1.54) is 11.8 Å². The molecule has 0 radical (unpaired) electrons. The number of carbonyl (C=O) groups excluding carboxylic acids is 1. The van der Waals surface area contributed by atoms with Gasteiger partial charge in [0.2, 0.25) is 5.91 Å². The van der Waals surface area contributed by atoms with Crippen molar-refractivity contribution < 1.29 is 13.2 Å². The molecule has 1 aliphatic rings. The number of benzene rings is 1. The average molecular weight is 313 g/mol. The van der Waals surface area contributed by atoms with Gasteiger partial charge in [-0.2, -0.15) is 0 Å². The van der Waals surface area contributed by atoms with Crippen LogP contribution >= 0.6 is 11.8 Å². The summed E-state index contributed by atoms with van der Waals surface area (Å²) in [4.78, 5) is 14.8. The minimum atomic E-state index is -2.95. The zero-order valence-corrected chi connectivity index (χ0v) is 13.3. The molecule has 110 valence electrons. The normalized spacial score (nSPS) is 20.8. The van der Waals surface area contributed by atoms with Crippen LogP contribution in [0.4, 0.5) is 0 Å². The summed E-state index contributed by atoms with van der Waals surface area (Å²) >= 11 is 1.49. The lowest BCUT2D eigenvalue weighted by molar-refractivity contribution is -0.128. The van der Waals surface area contributed by atoms with Crippen molar-refractivity contribution in [2.24, 2.45) is 0 Å². The van der Waals surface area contributed by atoms with E-state index in [9.17, 15) is 13.2 Å². The van der Waals surface area contributed by atoms with Gasteiger partial charge in [-0.15, -0.1) is 11.8 Å². The first-order valence-electron chi connectivity index (χ1n) is 6.53. The fourth-order valence-electron chi connectivity index (χ4n) is 2.24. The molecule has 1 aromatic carbocycles. The predicted molar refractivity (Wildman–Crippen MR) is 81.7 cm³/mol. The van der Waals surface area contributed by atoms with E-state index >= 15 is 0 Å². The van der Waals surface area contributed by atoms with Crippen molar-refractivity contribution in [3.8, 4) is 0 Å². The van der Waals surface area contributed by atoms with Gasteiger partial charge >= 0.3 is 0 Å². The Bertz CT molecular complexity index is 598. The third-order valence-corrected chi connectivity index (χ3v) is 6.23. The summed E-state index contributed by atoms with van der Waals surface area (Å²) in [6.07, 6.45) is 0.555. The molecule has 1 saturated heterocycles. The Morgan fingerprint density at radius 3 is 2.80 bits per heavy atom. The molecule has 1 fully saturated rings. The number of hydrogen-bond acceptors (Lipinski definition) is 4. The highest BCUT2D eigenvalue weighted by atomic mass is 32.2. The average Bonchev–Trinajstić information content (AvgIpc) is 2.75. The second-order valence-corrected chi connectivity index (χ2v) is 8.44. The van der Waals surface area contributed by atoms with Crippen molar-refractivity contribution in [1.82, 2.24) is 4.90 Å². The number of sulfone groups is 1. The van der Waals surface area contributed by atoms with Crippen molar-refractivity contribution in [2.45, 2.75) is 24.3 Å². The highest BCUT2D eigenvalue weighted by Crippen LogP contribution is 2.21. The zero-order valence-electron chi connectivity index (χ0n) is 11.7. The Labute approximate surface area is 124 Å². The van der Waals surface area contributed by atoms with Crippen LogP contribution in [0.15, 0.2) is 29.2 Å². The van der Waals surface area contributed by atoms with Gasteiger partial charge in [0.05, 0.1) is 17.3 Å². The topological polar surface area (TPSA) is 54.5 Å². The molecule has 1 heterocycles. The summed E-state index contributed by atoms with van der Waals surface area (Å²) in [5, 5.41) is 0. The van der Waals surface area contributed by atoms with Crippen LogP contribution < -0.4 is 0 Å². The molecule has 6 heteroatoms. The fraction of sp³-hybridized carbons (Fsp3) is 0.500. The summed E-state index contributed by atoms with van der Waals surface area (Å²) in [5.41, 5.74) is 1.16. The van der Waals surface area contributed by atoms with Crippen molar-refractivity contribution >= 4 is 27.5 Å². The van der Waals surface area contributed by atoms with E-state index < -0.39 is 9.84 Å². The molecular formula is C14H19NO3S2. The van der Waals surface area contributed by atoms with E-state index in [1.54, 1.807) is 11.9 Å². The minimum Gasteiger partial charge on any atom is -0.341 e. The third-order valence-electron chi connectivity index (χ3n) is 3.50. The fourth-order valence-corrected chi connectivity index (χ4v) is 4.95. The van der Waals surface area contributed by atoms with Crippen molar-refractivity contribution in [1.29, 1.82) is 0 Å². The standard InChI is InChI=1S/C14H19NO3S2/c1-11-4-3-5-13(8-11)19-9-14(16)15(2)12-6-7-20(17,18)10-12/h3-5,8,12H,6-7,9-10H2,1-2H3. The Morgan fingerprint density at radius 2 is 2.20 bits per heavy atom. The lowest BCUT2D eigenvalue weighted by Crippen LogP contribution is -2.38. The smallest absolute Gasteiger partial charge is 0.232 e. The van der Waals surface area contributed by atoms with E-state index in [0.717, 1.165) is 10.5 Å². The van der Waals surface area contributed by atoms with Crippen LogP contribution in [-0.2, 0) is 14.6 Å². The van der Waals surface area contributed by atoms with Crippen LogP contribution in [0, 0.1) is 6.92 Å². The minimum absolute atomic E-state index is 0.0152. The molecule has 1 amide bonds. The number of hydrogen-bond donors (Lipinski definition) is 0. The Kier molecular flexibility index (Phi) is 4.75. The Balaban J connectivity index is 1.89. The lowest BCUT2D eigenvalue weighted by Gasteiger charge is -2.23. The second-order valence-electron chi connectivity index (χ2n) is 5.17. The summed E-state index contributed by atoms with van der Waals surface area (Å²) < 4.78 is 22.9. The number of carbonyl (C=O) groups is 1. The van der Waals surface area contributed by atoms with Crippen LogP contribution in [0.2, 0.25) is 0 Å². The number of thioether (sulfide) groups is 1. The quantitative estimate of drug-likeness (QED) is 0.795. The van der Waals surface area contributed by atoms with Gasteiger partial charge < -0.3 is 4.90 Å². The molecule has 20 heavy (non-hydrogen) atoms. The van der Waals surface area contributed by atoms with Crippen LogP contribution in [0.1, 0.15) is 12.0 Å². The first kappa shape index (κ1) is 15.4. The van der Waals surface area contributed by atoms with E-state index in [2.05, 4.69) is 0 Å². The molecule has 1 aromatic rings. The lowest BCUT2D eigenvalue weighted by atomic mass is 10.2. The summed E-state index contributed by atoms with van der Waals surface area (Å²) in [6.45, 7) is 2.02. The molecule has 0 N–H and O–H groups in total. The number of amides is 1. The molecule has 0 saturated carbocycles. The molecular weight excluding hydrogens is 294 g/mol. The maximum Gasteiger partial charge on any atom is 0.232 e. The first-order chi connectivity index (χ1) is 9.37. The molecule has 0 aliphatic carbocycles. The van der Waals surface area contributed by atoms with Crippen molar-refractivity contribution in [3.05, 3.63) is 29.8 Å². The van der Waals surface area contributed by atoms with E-state index in [-0.39, 0.29) is 23.5 Å². The van der Waals surface area contributed by atoms with Crippen LogP contribution in [-0.4, -0.2) is 49.6 Å². The SMILES string of the molecule is Cc1cccc(SCC(=O)N(C)C2CCS(=O)(=O)C2)c1. The summed E-state index contributed by atoms with van der Waals surface area (Å²) in [6, 6.07) is 7.84. The summed E-state index contributed by atoms with van der Waals surface area (Å²) in [7, 11) is -1.25. The Morgan fingerprint density at radius 1 is 1.45 bits per heavy atom. The molecule has 1 unspecified atom stereocenters. The number of aryl methyl sites for hydroxylation is 1. The van der Waals surface area contributed by atoms with Gasteiger partial charge in [0.1, 0.15) is 0 Å². The van der Waals surface area contributed by atoms with Crippen LogP contribution in [0.3, 0.4) is 0 Å². The van der Waals surface area contributed by atoms with Crippen LogP contribution in [0.5, 0.6) is 0 Å². The molecule has 0 spiro atoms. The number of nitrogens with zero attached hydrogens (tertiary/aromatic N) is 1. The van der Waals surface area contributed by atoms with Gasteiger partial charge in [-0.1, -0.05) is 17.7 Å². The summed E-state index contributed by atoms with van der Waals surface area (Å²) in [5.74, 6) is 0.625. The maximum atomic E-state index is 12.1. The second kappa shape index (κ2) is 6.18. The molecule has 0 bridgehead atoms. The van der Waals surface area contributed by atoms with Gasteiger partial charge in [0.25, 0.3) is 0 Å². The molecule has 1 atom stereocenters. The molecule has 0 aromatic heterocycles. The number of rotatable bonds is 4. The predicted octanol–water partition coefficient (Wildman–Crippen LogP) is 1.73. The maximum absolute atomic E-state index is 12.1. The molecule has 1 aliphatic heterocycles. The van der Waals surface area contributed by atoms with E-state index in [4.69, 9.17) is 0 Å².